The molecule has 1 aromatic heterocycles. The second kappa shape index (κ2) is 5.51. The number of aryl methyl sites for hydroxylation is 1. The van der Waals surface area contributed by atoms with Gasteiger partial charge in [0.25, 0.3) is 0 Å². The van der Waals surface area contributed by atoms with E-state index in [0.29, 0.717) is 0 Å². The van der Waals surface area contributed by atoms with Gasteiger partial charge in [-0.15, -0.1) is 0 Å². The van der Waals surface area contributed by atoms with Crippen LogP contribution in [0.4, 0.5) is 0 Å². The van der Waals surface area contributed by atoms with Crippen LogP contribution < -0.4 is 0 Å². The molecule has 1 N–H and O–H groups in total. The molecule has 0 bridgehead atoms. The number of nitrogens with zero attached hydrogens (tertiary/aromatic N) is 1. The van der Waals surface area contributed by atoms with Gasteiger partial charge in [0, 0.05) is 37.7 Å². The van der Waals surface area contributed by atoms with Crippen LogP contribution in [-0.2, 0) is 17.7 Å². The Hall–Kier alpha value is -0.800. The highest BCUT2D eigenvalue weighted by molar-refractivity contribution is 5.27. The summed E-state index contributed by atoms with van der Waals surface area (Å²) in [5.41, 5.74) is 2.49. The molecule has 0 aromatic carbocycles. The topological polar surface area (TPSA) is 34.4 Å². The van der Waals surface area contributed by atoms with Crippen LogP contribution in [0.2, 0.25) is 0 Å². The van der Waals surface area contributed by atoms with Gasteiger partial charge in [-0.25, -0.2) is 0 Å². The number of hydrogen-bond donors (Lipinski definition) is 1. The number of fused-ring (bicyclic) bond motifs is 1. The van der Waals surface area contributed by atoms with Crippen LogP contribution in [0.1, 0.15) is 43.0 Å². The molecule has 90 valence electrons. The van der Waals surface area contributed by atoms with E-state index in [4.69, 9.17) is 4.74 Å². The Morgan fingerprint density at radius 1 is 1.50 bits per heavy atom. The second-order valence-electron chi connectivity index (χ2n) is 4.52. The van der Waals surface area contributed by atoms with Crippen LogP contribution in [0.3, 0.4) is 0 Å². The third kappa shape index (κ3) is 2.47. The van der Waals surface area contributed by atoms with Gasteiger partial charge < -0.3 is 14.4 Å². The van der Waals surface area contributed by atoms with Gasteiger partial charge in [-0.2, -0.15) is 0 Å². The summed E-state index contributed by atoms with van der Waals surface area (Å²) in [6.45, 7) is 1.89. The van der Waals surface area contributed by atoms with Crippen molar-refractivity contribution in [1.29, 1.82) is 0 Å². The molecule has 0 aliphatic heterocycles. The molecule has 1 aliphatic carbocycles. The summed E-state index contributed by atoms with van der Waals surface area (Å²) in [5.74, 6) is 0. The minimum atomic E-state index is -0.232. The van der Waals surface area contributed by atoms with Crippen LogP contribution in [0, 0.1) is 0 Å². The van der Waals surface area contributed by atoms with Crippen molar-refractivity contribution in [3.63, 3.8) is 0 Å². The van der Waals surface area contributed by atoms with Gasteiger partial charge in [-0.05, 0) is 38.2 Å². The zero-order valence-corrected chi connectivity index (χ0v) is 9.98. The van der Waals surface area contributed by atoms with Crippen molar-refractivity contribution in [2.75, 3.05) is 13.7 Å². The molecule has 1 atom stereocenters. The van der Waals surface area contributed by atoms with Crippen molar-refractivity contribution in [2.45, 2.75) is 44.8 Å². The van der Waals surface area contributed by atoms with Gasteiger partial charge in [0.05, 0.1) is 6.10 Å². The first-order valence-electron chi connectivity index (χ1n) is 6.18. The summed E-state index contributed by atoms with van der Waals surface area (Å²) in [4.78, 5) is 0. The number of rotatable bonds is 5. The Labute approximate surface area is 97.0 Å². The average Bonchev–Trinajstić information content (AvgIpc) is 2.70. The number of methoxy groups -OCH3 is 1. The largest absolute Gasteiger partial charge is 0.388 e. The zero-order chi connectivity index (χ0) is 11.4. The first-order valence-corrected chi connectivity index (χ1v) is 6.18. The van der Waals surface area contributed by atoms with Crippen molar-refractivity contribution >= 4 is 0 Å². The van der Waals surface area contributed by atoms with Crippen molar-refractivity contribution in [1.82, 2.24) is 4.57 Å². The van der Waals surface area contributed by atoms with E-state index in [1.54, 1.807) is 7.11 Å². The highest BCUT2D eigenvalue weighted by atomic mass is 16.5. The van der Waals surface area contributed by atoms with Gasteiger partial charge in [0.15, 0.2) is 0 Å². The van der Waals surface area contributed by atoms with E-state index in [2.05, 4.69) is 16.8 Å². The van der Waals surface area contributed by atoms with Crippen molar-refractivity contribution in [2.24, 2.45) is 0 Å². The van der Waals surface area contributed by atoms with Crippen molar-refractivity contribution in [3.05, 3.63) is 23.5 Å². The first-order chi connectivity index (χ1) is 7.83. The summed E-state index contributed by atoms with van der Waals surface area (Å²) in [6.07, 6.45) is 7.27. The Kier molecular flexibility index (Phi) is 4.02. The normalized spacial score (nSPS) is 19.8. The van der Waals surface area contributed by atoms with E-state index in [1.807, 2.05) is 0 Å². The minimum Gasteiger partial charge on any atom is -0.388 e. The molecule has 3 heteroatoms. The molecule has 3 nitrogen and oxygen atoms in total. The van der Waals surface area contributed by atoms with E-state index < -0.39 is 0 Å². The highest BCUT2D eigenvalue weighted by Gasteiger charge is 2.20. The lowest BCUT2D eigenvalue weighted by Crippen LogP contribution is -2.12. The predicted octanol–water partition coefficient (Wildman–Crippen LogP) is 2.28. The minimum absolute atomic E-state index is 0.232. The molecule has 1 unspecified atom stereocenters. The van der Waals surface area contributed by atoms with Crippen molar-refractivity contribution in [3.8, 4) is 0 Å². The maximum atomic E-state index is 9.85. The SMILES string of the molecule is COCCCCn1ccc2c1CCCC2O. The first kappa shape index (κ1) is 11.7. The van der Waals surface area contributed by atoms with Crippen LogP contribution in [0.25, 0.3) is 0 Å². The zero-order valence-electron chi connectivity index (χ0n) is 9.98. The smallest absolute Gasteiger partial charge is 0.0807 e. The molecule has 0 saturated heterocycles. The van der Waals surface area contributed by atoms with Crippen LogP contribution >= 0.6 is 0 Å². The Bertz CT molecular complexity index is 333. The molecule has 0 amide bonds. The van der Waals surface area contributed by atoms with E-state index >= 15 is 0 Å². The maximum Gasteiger partial charge on any atom is 0.0807 e. The van der Waals surface area contributed by atoms with Gasteiger partial charge >= 0.3 is 0 Å². The quantitative estimate of drug-likeness (QED) is 0.777. The number of aliphatic hydroxyl groups is 1. The van der Waals surface area contributed by atoms with Gasteiger partial charge in [0.1, 0.15) is 0 Å². The third-order valence-electron chi connectivity index (χ3n) is 3.36. The van der Waals surface area contributed by atoms with Gasteiger partial charge in [0.2, 0.25) is 0 Å². The molecule has 1 aliphatic rings. The predicted molar refractivity (Wildman–Crippen MR) is 63.4 cm³/mol. The summed E-state index contributed by atoms with van der Waals surface area (Å²) in [6, 6.07) is 2.08. The maximum absolute atomic E-state index is 9.85. The number of aromatic nitrogens is 1. The molecule has 0 spiro atoms. The lowest BCUT2D eigenvalue weighted by atomic mass is 9.95. The van der Waals surface area contributed by atoms with Gasteiger partial charge in [-0.1, -0.05) is 0 Å². The summed E-state index contributed by atoms with van der Waals surface area (Å²) >= 11 is 0. The molecule has 1 heterocycles. The average molecular weight is 223 g/mol. The van der Waals surface area contributed by atoms with E-state index in [1.165, 1.54) is 5.69 Å². The number of aliphatic hydroxyl groups excluding tert-OH is 1. The van der Waals surface area contributed by atoms with Crippen molar-refractivity contribution < 1.29 is 9.84 Å². The Morgan fingerprint density at radius 2 is 2.38 bits per heavy atom. The van der Waals surface area contributed by atoms with E-state index in [0.717, 1.165) is 50.8 Å². The van der Waals surface area contributed by atoms with E-state index in [-0.39, 0.29) is 6.10 Å². The second-order valence-corrected chi connectivity index (χ2v) is 4.52. The van der Waals surface area contributed by atoms with E-state index in [9.17, 15) is 5.11 Å². The third-order valence-corrected chi connectivity index (χ3v) is 3.36. The molecule has 2 rings (SSSR count). The molecule has 16 heavy (non-hydrogen) atoms. The molecular formula is C13H21NO2. The van der Waals surface area contributed by atoms with Crippen LogP contribution in [0.15, 0.2) is 12.3 Å². The fourth-order valence-electron chi connectivity index (χ4n) is 2.47. The molecule has 1 aromatic rings. The Balaban J connectivity index is 1.95. The van der Waals surface area contributed by atoms with Gasteiger partial charge in [-0.3, -0.25) is 0 Å². The molecule has 0 fully saturated rings. The van der Waals surface area contributed by atoms with Crippen LogP contribution in [0.5, 0.6) is 0 Å². The fourth-order valence-corrected chi connectivity index (χ4v) is 2.47. The fraction of sp³-hybridized carbons (Fsp3) is 0.692. The monoisotopic (exact) mass is 223 g/mol. The number of unbranched alkanes of at least 4 members (excludes halogenated alkanes) is 1. The summed E-state index contributed by atoms with van der Waals surface area (Å²) in [7, 11) is 1.74. The molecule has 0 radical (unpaired) electrons. The number of hydrogen-bond acceptors (Lipinski definition) is 2. The highest BCUT2D eigenvalue weighted by Crippen LogP contribution is 2.30. The lowest BCUT2D eigenvalue weighted by Gasteiger charge is -2.20. The molecule has 0 saturated carbocycles. The van der Waals surface area contributed by atoms with Crippen LogP contribution in [-0.4, -0.2) is 23.4 Å². The Morgan fingerprint density at radius 3 is 3.19 bits per heavy atom. The summed E-state index contributed by atoms with van der Waals surface area (Å²) < 4.78 is 7.34. The lowest BCUT2D eigenvalue weighted by molar-refractivity contribution is 0.155. The molecular weight excluding hydrogens is 202 g/mol. The standard InChI is InChI=1S/C13H21NO2/c1-16-10-3-2-8-14-9-7-11-12(14)5-4-6-13(11)15/h7,9,13,15H,2-6,8,10H2,1H3. The summed E-state index contributed by atoms with van der Waals surface area (Å²) in [5, 5.41) is 9.85. The number of ether oxygens (including phenoxy) is 1.